The fraction of sp³-hybridized carbons (Fsp3) is 0.688. The van der Waals surface area contributed by atoms with Crippen molar-refractivity contribution >= 4 is 17.4 Å². The first-order valence-corrected chi connectivity index (χ1v) is 8.45. The summed E-state index contributed by atoms with van der Waals surface area (Å²) < 4.78 is 0. The van der Waals surface area contributed by atoms with Crippen molar-refractivity contribution in [3.05, 3.63) is 21.4 Å². The number of nitrogens with zero attached hydrogens (tertiary/aromatic N) is 1. The van der Waals surface area contributed by atoms with Gasteiger partial charge in [0.1, 0.15) is 0 Å². The number of thiophene rings is 1. The Morgan fingerprint density at radius 2 is 2.20 bits per heavy atom. The Labute approximate surface area is 126 Å². The average molecular weight is 294 g/mol. The van der Waals surface area contributed by atoms with Gasteiger partial charge in [0.2, 0.25) is 0 Å². The van der Waals surface area contributed by atoms with E-state index in [0.717, 1.165) is 25.4 Å². The zero-order valence-corrected chi connectivity index (χ0v) is 13.8. The number of rotatable bonds is 6. The van der Waals surface area contributed by atoms with Crippen molar-refractivity contribution in [2.45, 2.75) is 53.0 Å². The number of urea groups is 1. The average Bonchev–Trinajstić information content (AvgIpc) is 3.12. The summed E-state index contributed by atoms with van der Waals surface area (Å²) in [6.45, 7) is 10.2. The van der Waals surface area contributed by atoms with Crippen LogP contribution in [0.1, 0.15) is 54.5 Å². The quantitative estimate of drug-likeness (QED) is 0.835. The van der Waals surface area contributed by atoms with Crippen molar-refractivity contribution in [2.24, 2.45) is 5.92 Å². The fourth-order valence-electron chi connectivity index (χ4n) is 2.59. The number of aryl methyl sites for hydroxylation is 2. The highest BCUT2D eigenvalue weighted by Gasteiger charge is 2.27. The summed E-state index contributed by atoms with van der Waals surface area (Å²) in [7, 11) is 0. The Balaban J connectivity index is 1.95. The van der Waals surface area contributed by atoms with E-state index in [9.17, 15) is 4.79 Å². The van der Waals surface area contributed by atoms with E-state index >= 15 is 0 Å². The lowest BCUT2D eigenvalue weighted by atomic mass is 10.1. The molecule has 0 saturated heterocycles. The van der Waals surface area contributed by atoms with E-state index in [1.165, 1.54) is 28.2 Å². The van der Waals surface area contributed by atoms with Gasteiger partial charge in [-0.05, 0) is 57.6 Å². The molecule has 4 heteroatoms. The minimum atomic E-state index is 0.0889. The van der Waals surface area contributed by atoms with Crippen LogP contribution in [0.5, 0.6) is 0 Å². The molecule has 1 aliphatic rings. The zero-order chi connectivity index (χ0) is 14.7. The van der Waals surface area contributed by atoms with Gasteiger partial charge in [0, 0.05) is 22.8 Å². The molecule has 0 aliphatic heterocycles. The SMILES string of the molecule is CCCN(CC1CC1)C(=O)NC(C)c1cc(C)sc1C. The Morgan fingerprint density at radius 3 is 2.70 bits per heavy atom. The van der Waals surface area contributed by atoms with Crippen molar-refractivity contribution in [1.82, 2.24) is 10.2 Å². The van der Waals surface area contributed by atoms with Crippen LogP contribution in [0.4, 0.5) is 4.79 Å². The molecule has 0 aromatic carbocycles. The molecule has 2 rings (SSSR count). The monoisotopic (exact) mass is 294 g/mol. The van der Waals surface area contributed by atoms with Crippen LogP contribution in [0.2, 0.25) is 0 Å². The Morgan fingerprint density at radius 1 is 1.50 bits per heavy atom. The molecule has 0 radical (unpaired) electrons. The molecule has 1 aromatic rings. The highest BCUT2D eigenvalue weighted by Crippen LogP contribution is 2.30. The number of hydrogen-bond donors (Lipinski definition) is 1. The van der Waals surface area contributed by atoms with Crippen LogP contribution in [0.15, 0.2) is 6.07 Å². The van der Waals surface area contributed by atoms with Crippen LogP contribution in [-0.2, 0) is 0 Å². The molecular formula is C16H26N2OS. The van der Waals surface area contributed by atoms with E-state index in [-0.39, 0.29) is 12.1 Å². The summed E-state index contributed by atoms with van der Waals surface area (Å²) >= 11 is 1.80. The Hall–Kier alpha value is -1.03. The predicted molar refractivity (Wildman–Crippen MR) is 85.3 cm³/mol. The maximum absolute atomic E-state index is 12.4. The summed E-state index contributed by atoms with van der Waals surface area (Å²) in [6.07, 6.45) is 3.59. The van der Waals surface area contributed by atoms with Gasteiger partial charge in [-0.2, -0.15) is 0 Å². The number of carbonyl (C=O) groups excluding carboxylic acids is 1. The second kappa shape index (κ2) is 6.61. The molecule has 20 heavy (non-hydrogen) atoms. The summed E-state index contributed by atoms with van der Waals surface area (Å²) in [5, 5.41) is 3.16. The Kier molecular flexibility index (Phi) is 5.08. The van der Waals surface area contributed by atoms with Crippen molar-refractivity contribution in [3.63, 3.8) is 0 Å². The lowest BCUT2D eigenvalue weighted by molar-refractivity contribution is 0.192. The third-order valence-electron chi connectivity index (χ3n) is 3.84. The number of amides is 2. The van der Waals surface area contributed by atoms with Gasteiger partial charge in [-0.3, -0.25) is 0 Å². The van der Waals surface area contributed by atoms with Gasteiger partial charge in [-0.1, -0.05) is 6.92 Å². The second-order valence-electron chi connectivity index (χ2n) is 5.93. The molecular weight excluding hydrogens is 268 g/mol. The standard InChI is InChI=1S/C16H26N2OS/c1-5-8-18(10-14-6-7-14)16(19)17-12(3)15-9-11(2)20-13(15)4/h9,12,14H,5-8,10H2,1-4H3,(H,17,19). The highest BCUT2D eigenvalue weighted by atomic mass is 32.1. The van der Waals surface area contributed by atoms with Crippen molar-refractivity contribution in [2.75, 3.05) is 13.1 Å². The lowest BCUT2D eigenvalue weighted by Gasteiger charge is -2.25. The number of carbonyl (C=O) groups is 1. The summed E-state index contributed by atoms with van der Waals surface area (Å²) in [4.78, 5) is 17.0. The molecule has 0 spiro atoms. The molecule has 112 valence electrons. The van der Waals surface area contributed by atoms with Crippen LogP contribution in [0.3, 0.4) is 0 Å². The highest BCUT2D eigenvalue weighted by molar-refractivity contribution is 7.12. The summed E-state index contributed by atoms with van der Waals surface area (Å²) in [5.74, 6) is 0.743. The van der Waals surface area contributed by atoms with Crippen LogP contribution >= 0.6 is 11.3 Å². The van der Waals surface area contributed by atoms with E-state index in [0.29, 0.717) is 0 Å². The smallest absolute Gasteiger partial charge is 0.317 e. The summed E-state index contributed by atoms with van der Waals surface area (Å²) in [5.41, 5.74) is 1.25. The summed E-state index contributed by atoms with van der Waals surface area (Å²) in [6, 6.07) is 2.37. The van der Waals surface area contributed by atoms with Crippen molar-refractivity contribution < 1.29 is 4.79 Å². The lowest BCUT2D eigenvalue weighted by Crippen LogP contribution is -2.42. The third kappa shape index (κ3) is 3.98. The minimum Gasteiger partial charge on any atom is -0.331 e. The second-order valence-corrected chi connectivity index (χ2v) is 7.39. The van der Waals surface area contributed by atoms with Gasteiger partial charge in [0.05, 0.1) is 6.04 Å². The number of nitrogens with one attached hydrogen (secondary N) is 1. The first kappa shape index (κ1) is 15.4. The normalized spacial score (nSPS) is 16.0. The molecule has 0 bridgehead atoms. The largest absolute Gasteiger partial charge is 0.331 e. The first-order valence-electron chi connectivity index (χ1n) is 7.63. The number of hydrogen-bond acceptors (Lipinski definition) is 2. The Bertz CT molecular complexity index is 465. The van der Waals surface area contributed by atoms with E-state index < -0.39 is 0 Å². The predicted octanol–water partition coefficient (Wildman–Crippen LogP) is 4.26. The fourth-order valence-corrected chi connectivity index (χ4v) is 3.61. The van der Waals surface area contributed by atoms with Crippen molar-refractivity contribution in [1.29, 1.82) is 0 Å². The zero-order valence-electron chi connectivity index (χ0n) is 13.0. The van der Waals surface area contributed by atoms with E-state index in [1.807, 2.05) is 4.90 Å². The minimum absolute atomic E-state index is 0.0889. The van der Waals surface area contributed by atoms with Gasteiger partial charge >= 0.3 is 6.03 Å². The van der Waals surface area contributed by atoms with E-state index in [4.69, 9.17) is 0 Å². The molecule has 1 fully saturated rings. The van der Waals surface area contributed by atoms with E-state index in [1.54, 1.807) is 11.3 Å². The van der Waals surface area contributed by atoms with Gasteiger partial charge in [0.15, 0.2) is 0 Å². The topological polar surface area (TPSA) is 32.3 Å². The van der Waals surface area contributed by atoms with Crippen molar-refractivity contribution in [3.8, 4) is 0 Å². The maximum atomic E-state index is 12.4. The van der Waals surface area contributed by atoms with Gasteiger partial charge in [-0.15, -0.1) is 11.3 Å². The molecule has 1 aliphatic carbocycles. The first-order chi connectivity index (χ1) is 9.51. The molecule has 1 heterocycles. The molecule has 3 nitrogen and oxygen atoms in total. The van der Waals surface area contributed by atoms with Crippen LogP contribution in [0, 0.1) is 19.8 Å². The van der Waals surface area contributed by atoms with Gasteiger partial charge in [-0.25, -0.2) is 4.79 Å². The van der Waals surface area contributed by atoms with E-state index in [2.05, 4.69) is 39.1 Å². The van der Waals surface area contributed by atoms with Gasteiger partial charge < -0.3 is 10.2 Å². The molecule has 1 unspecified atom stereocenters. The molecule has 1 saturated carbocycles. The maximum Gasteiger partial charge on any atom is 0.317 e. The molecule has 1 aromatic heterocycles. The van der Waals surface area contributed by atoms with Crippen LogP contribution in [-0.4, -0.2) is 24.0 Å². The van der Waals surface area contributed by atoms with Gasteiger partial charge in [0.25, 0.3) is 0 Å². The van der Waals surface area contributed by atoms with Crippen LogP contribution in [0.25, 0.3) is 0 Å². The third-order valence-corrected chi connectivity index (χ3v) is 4.82. The van der Waals surface area contributed by atoms with Crippen LogP contribution < -0.4 is 5.32 Å². The molecule has 1 N–H and O–H groups in total. The molecule has 2 amide bonds. The molecule has 1 atom stereocenters.